The molecule has 3 aromatic rings. The Kier molecular flexibility index (Phi) is 8.31. The third-order valence-electron chi connectivity index (χ3n) is 5.38. The van der Waals surface area contributed by atoms with Crippen molar-refractivity contribution in [1.82, 2.24) is 4.72 Å². The molecule has 0 heterocycles. The molecular formula is C26H30N2O5S. The first-order chi connectivity index (χ1) is 16.2. The quantitative estimate of drug-likeness (QED) is 0.448. The first-order valence-corrected chi connectivity index (χ1v) is 12.4. The summed E-state index contributed by atoms with van der Waals surface area (Å²) >= 11 is 0. The van der Waals surface area contributed by atoms with E-state index in [0.717, 1.165) is 11.1 Å². The first kappa shape index (κ1) is 25.3. The van der Waals surface area contributed by atoms with Crippen molar-refractivity contribution in [3.63, 3.8) is 0 Å². The molecule has 1 unspecified atom stereocenters. The minimum atomic E-state index is -4.09. The molecule has 0 radical (unpaired) electrons. The number of amides is 1. The molecule has 8 heteroatoms. The number of rotatable bonds is 10. The fraction of sp³-hybridized carbons (Fsp3) is 0.269. The van der Waals surface area contributed by atoms with Crippen molar-refractivity contribution in [2.24, 2.45) is 0 Å². The van der Waals surface area contributed by atoms with E-state index in [4.69, 9.17) is 9.47 Å². The molecule has 0 saturated carbocycles. The van der Waals surface area contributed by atoms with Crippen molar-refractivity contribution >= 4 is 21.6 Å². The van der Waals surface area contributed by atoms with Crippen LogP contribution in [0.3, 0.4) is 0 Å². The Morgan fingerprint density at radius 2 is 1.65 bits per heavy atom. The van der Waals surface area contributed by atoms with E-state index in [-0.39, 0.29) is 23.0 Å². The highest BCUT2D eigenvalue weighted by Gasteiger charge is 2.29. The van der Waals surface area contributed by atoms with Crippen LogP contribution in [-0.2, 0) is 21.2 Å². The van der Waals surface area contributed by atoms with Crippen LogP contribution < -0.4 is 19.5 Å². The average Bonchev–Trinajstić information content (AvgIpc) is 2.83. The lowest BCUT2D eigenvalue weighted by Crippen LogP contribution is -2.45. The monoisotopic (exact) mass is 482 g/mol. The minimum Gasteiger partial charge on any atom is -0.497 e. The number of nitrogens with one attached hydrogen (secondary N) is 2. The van der Waals surface area contributed by atoms with Gasteiger partial charge in [0.25, 0.3) is 0 Å². The summed E-state index contributed by atoms with van der Waals surface area (Å²) in [5, 5.41) is 2.79. The molecular weight excluding hydrogens is 452 g/mol. The van der Waals surface area contributed by atoms with Crippen LogP contribution in [0, 0.1) is 0 Å². The number of ether oxygens (including phenoxy) is 2. The van der Waals surface area contributed by atoms with Crippen molar-refractivity contribution in [2.75, 3.05) is 19.5 Å². The third kappa shape index (κ3) is 6.36. The Labute approximate surface area is 201 Å². The topological polar surface area (TPSA) is 93.7 Å². The highest BCUT2D eigenvalue weighted by atomic mass is 32.2. The Balaban J connectivity index is 1.94. The molecule has 3 aromatic carbocycles. The smallest absolute Gasteiger partial charge is 0.245 e. The summed E-state index contributed by atoms with van der Waals surface area (Å²) in [7, 11) is -1.14. The van der Waals surface area contributed by atoms with Crippen molar-refractivity contribution in [1.29, 1.82) is 0 Å². The SMILES string of the molecule is COc1cccc(NC(=O)C(Cc2ccccc2)NS(=O)(=O)c2cc(C(C)C)ccc2OC)c1. The van der Waals surface area contributed by atoms with E-state index in [9.17, 15) is 13.2 Å². The number of carbonyl (C=O) groups excluding carboxylic acids is 1. The third-order valence-corrected chi connectivity index (χ3v) is 6.87. The van der Waals surface area contributed by atoms with Crippen molar-refractivity contribution in [3.8, 4) is 11.5 Å². The van der Waals surface area contributed by atoms with Gasteiger partial charge in [0.15, 0.2) is 0 Å². The molecule has 34 heavy (non-hydrogen) atoms. The molecule has 3 rings (SSSR count). The molecule has 0 aromatic heterocycles. The summed E-state index contributed by atoms with van der Waals surface area (Å²) in [5.41, 5.74) is 2.17. The fourth-order valence-electron chi connectivity index (χ4n) is 3.48. The normalized spacial score (nSPS) is 12.3. The lowest BCUT2D eigenvalue weighted by atomic mass is 10.0. The zero-order valence-corrected chi connectivity index (χ0v) is 20.6. The van der Waals surface area contributed by atoms with Gasteiger partial charge in [0.05, 0.1) is 14.2 Å². The van der Waals surface area contributed by atoms with Crippen LogP contribution in [0.25, 0.3) is 0 Å². The number of hydrogen-bond donors (Lipinski definition) is 2. The van der Waals surface area contributed by atoms with Crippen LogP contribution in [0.15, 0.2) is 77.7 Å². The molecule has 0 bridgehead atoms. The van der Waals surface area contributed by atoms with Gasteiger partial charge >= 0.3 is 0 Å². The van der Waals surface area contributed by atoms with Crippen molar-refractivity contribution in [2.45, 2.75) is 37.1 Å². The molecule has 0 aliphatic carbocycles. The standard InChI is InChI=1S/C26H30N2O5S/c1-18(2)20-13-14-24(33-4)25(16-20)34(30,31)28-23(15-19-9-6-5-7-10-19)26(29)27-21-11-8-12-22(17-21)32-3/h5-14,16-18,23,28H,15H2,1-4H3,(H,27,29). The number of hydrogen-bond acceptors (Lipinski definition) is 5. The minimum absolute atomic E-state index is 0.00607. The van der Waals surface area contributed by atoms with E-state index >= 15 is 0 Å². The van der Waals surface area contributed by atoms with Crippen LogP contribution in [0.5, 0.6) is 11.5 Å². The Bertz CT molecular complexity index is 1230. The maximum Gasteiger partial charge on any atom is 0.245 e. The van der Waals surface area contributed by atoms with Gasteiger partial charge in [0.1, 0.15) is 22.4 Å². The van der Waals surface area contributed by atoms with Crippen molar-refractivity contribution in [3.05, 3.63) is 83.9 Å². The molecule has 180 valence electrons. The highest BCUT2D eigenvalue weighted by molar-refractivity contribution is 7.89. The van der Waals surface area contributed by atoms with Crippen LogP contribution in [0.4, 0.5) is 5.69 Å². The second-order valence-electron chi connectivity index (χ2n) is 8.15. The van der Waals surface area contributed by atoms with Gasteiger partial charge in [-0.05, 0) is 47.7 Å². The lowest BCUT2D eigenvalue weighted by molar-refractivity contribution is -0.117. The number of methoxy groups -OCH3 is 2. The summed E-state index contributed by atoms with van der Waals surface area (Å²) < 4.78 is 40.0. The molecule has 1 atom stereocenters. The predicted molar refractivity (Wildman–Crippen MR) is 133 cm³/mol. The average molecular weight is 483 g/mol. The highest BCUT2D eigenvalue weighted by Crippen LogP contribution is 2.28. The van der Waals surface area contributed by atoms with Gasteiger partial charge in [-0.15, -0.1) is 0 Å². The largest absolute Gasteiger partial charge is 0.497 e. The second kappa shape index (κ2) is 11.2. The molecule has 0 fully saturated rings. The second-order valence-corrected chi connectivity index (χ2v) is 9.83. The number of carbonyl (C=O) groups is 1. The van der Waals surface area contributed by atoms with E-state index in [1.807, 2.05) is 50.2 Å². The molecule has 0 aliphatic rings. The van der Waals surface area contributed by atoms with E-state index in [1.165, 1.54) is 14.2 Å². The Morgan fingerprint density at radius 3 is 2.29 bits per heavy atom. The molecule has 0 aliphatic heterocycles. The van der Waals surface area contributed by atoms with Gasteiger partial charge in [0.2, 0.25) is 15.9 Å². The summed E-state index contributed by atoms with van der Waals surface area (Å²) in [6, 6.07) is 20.1. The zero-order valence-electron chi connectivity index (χ0n) is 19.7. The lowest BCUT2D eigenvalue weighted by Gasteiger charge is -2.20. The zero-order chi connectivity index (χ0) is 24.7. The Hall–Kier alpha value is -3.36. The number of anilines is 1. The maximum absolute atomic E-state index is 13.5. The first-order valence-electron chi connectivity index (χ1n) is 10.9. The van der Waals surface area contributed by atoms with E-state index in [1.54, 1.807) is 36.4 Å². The van der Waals surface area contributed by atoms with E-state index < -0.39 is 22.0 Å². The number of sulfonamides is 1. The van der Waals surface area contributed by atoms with Crippen molar-refractivity contribution < 1.29 is 22.7 Å². The van der Waals surface area contributed by atoms with Gasteiger partial charge < -0.3 is 14.8 Å². The van der Waals surface area contributed by atoms with Crippen LogP contribution in [0.2, 0.25) is 0 Å². The van der Waals surface area contributed by atoms with Gasteiger partial charge in [-0.2, -0.15) is 4.72 Å². The molecule has 0 spiro atoms. The summed E-state index contributed by atoms with van der Waals surface area (Å²) in [5.74, 6) is 0.424. The van der Waals surface area contributed by atoms with Gasteiger partial charge in [-0.25, -0.2) is 8.42 Å². The van der Waals surface area contributed by atoms with Crippen LogP contribution >= 0.6 is 0 Å². The van der Waals surface area contributed by atoms with Crippen LogP contribution in [-0.4, -0.2) is 34.6 Å². The molecule has 2 N–H and O–H groups in total. The van der Waals surface area contributed by atoms with Gasteiger partial charge in [-0.3, -0.25) is 4.79 Å². The van der Waals surface area contributed by atoms with Crippen LogP contribution in [0.1, 0.15) is 30.9 Å². The summed E-state index contributed by atoms with van der Waals surface area (Å²) in [6.07, 6.45) is 0.169. The molecule has 0 saturated heterocycles. The maximum atomic E-state index is 13.5. The predicted octanol–water partition coefficient (Wildman–Crippen LogP) is 4.36. The van der Waals surface area contributed by atoms with Gasteiger partial charge in [0, 0.05) is 11.8 Å². The van der Waals surface area contributed by atoms with Gasteiger partial charge in [-0.1, -0.05) is 56.3 Å². The molecule has 1 amide bonds. The summed E-state index contributed by atoms with van der Waals surface area (Å²) in [6.45, 7) is 3.96. The molecule has 7 nitrogen and oxygen atoms in total. The Morgan fingerprint density at radius 1 is 0.912 bits per heavy atom. The number of benzene rings is 3. The summed E-state index contributed by atoms with van der Waals surface area (Å²) in [4.78, 5) is 13.2. The fourth-order valence-corrected chi connectivity index (χ4v) is 4.88. The van der Waals surface area contributed by atoms with E-state index in [0.29, 0.717) is 11.4 Å². The van der Waals surface area contributed by atoms with E-state index in [2.05, 4.69) is 10.0 Å².